The number of hydrogen-bond donors (Lipinski definition) is 0. The molecule has 2 heterocycles. The maximum atomic E-state index is 2.25. The van der Waals surface area contributed by atoms with Crippen molar-refractivity contribution in [2.24, 2.45) is 0 Å². The molecule has 1 aromatic heterocycles. The third-order valence-corrected chi connectivity index (χ3v) is 3.98. The van der Waals surface area contributed by atoms with Crippen molar-refractivity contribution in [1.82, 2.24) is 0 Å². The highest BCUT2D eigenvalue weighted by Gasteiger charge is 2.15. The maximum Gasteiger partial charge on any atom is 0.207 e. The van der Waals surface area contributed by atoms with Crippen LogP contribution in [0.4, 0.5) is 5.69 Å². The van der Waals surface area contributed by atoms with Gasteiger partial charge in [0.1, 0.15) is 6.54 Å². The van der Waals surface area contributed by atoms with Crippen LogP contribution < -0.4 is 33.4 Å². The van der Waals surface area contributed by atoms with Gasteiger partial charge in [0.25, 0.3) is 0 Å². The SMILES string of the molecule is CC[n+]1ccccc1/C=C1\C=Cc2cc(C)ccc2N1C.[I-]. The first-order valence-corrected chi connectivity index (χ1v) is 7.41. The van der Waals surface area contributed by atoms with E-state index in [-0.39, 0.29) is 24.0 Å². The van der Waals surface area contributed by atoms with Gasteiger partial charge in [-0.25, -0.2) is 0 Å². The topological polar surface area (TPSA) is 7.12 Å². The summed E-state index contributed by atoms with van der Waals surface area (Å²) in [5.74, 6) is 0. The Hall–Kier alpha value is -1.62. The number of fused-ring (bicyclic) bond motifs is 1. The van der Waals surface area contributed by atoms with Crippen LogP contribution in [0, 0.1) is 6.92 Å². The molecular formula is C19H21IN2. The first kappa shape index (κ1) is 16.7. The van der Waals surface area contributed by atoms with Gasteiger partial charge in [-0.05, 0) is 43.7 Å². The van der Waals surface area contributed by atoms with Crippen LogP contribution in [0.5, 0.6) is 0 Å². The summed E-state index contributed by atoms with van der Waals surface area (Å²) in [5.41, 5.74) is 6.27. The van der Waals surface area contributed by atoms with Crippen molar-refractivity contribution in [3.8, 4) is 0 Å². The van der Waals surface area contributed by atoms with E-state index in [4.69, 9.17) is 0 Å². The van der Waals surface area contributed by atoms with Crippen LogP contribution in [0.25, 0.3) is 12.2 Å². The quantitative estimate of drug-likeness (QED) is 0.531. The smallest absolute Gasteiger partial charge is 0.207 e. The second-order valence-electron chi connectivity index (χ2n) is 5.44. The van der Waals surface area contributed by atoms with Crippen LogP contribution in [-0.4, -0.2) is 7.05 Å². The number of pyridine rings is 1. The van der Waals surface area contributed by atoms with E-state index < -0.39 is 0 Å². The molecule has 3 rings (SSSR count). The van der Waals surface area contributed by atoms with E-state index in [0.717, 1.165) is 6.54 Å². The molecule has 0 atom stereocenters. The molecule has 0 radical (unpaired) electrons. The normalized spacial score (nSPS) is 14.7. The van der Waals surface area contributed by atoms with E-state index in [0.29, 0.717) is 0 Å². The summed E-state index contributed by atoms with van der Waals surface area (Å²) in [7, 11) is 2.13. The number of aromatic nitrogens is 1. The molecule has 0 N–H and O–H groups in total. The zero-order chi connectivity index (χ0) is 14.8. The van der Waals surface area contributed by atoms with Gasteiger partial charge in [-0.1, -0.05) is 17.7 Å². The average Bonchev–Trinajstić information content (AvgIpc) is 2.50. The van der Waals surface area contributed by atoms with Gasteiger partial charge in [0.2, 0.25) is 5.69 Å². The fourth-order valence-electron chi connectivity index (χ4n) is 2.74. The van der Waals surface area contributed by atoms with E-state index in [1.807, 2.05) is 0 Å². The number of likely N-dealkylation sites (N-methyl/N-ethyl adjacent to an activating group) is 1. The van der Waals surface area contributed by atoms with Crippen molar-refractivity contribution in [1.29, 1.82) is 0 Å². The summed E-state index contributed by atoms with van der Waals surface area (Å²) in [6.07, 6.45) is 8.75. The molecule has 1 aromatic carbocycles. The van der Waals surface area contributed by atoms with E-state index in [1.165, 1.54) is 28.2 Å². The van der Waals surface area contributed by atoms with Crippen molar-refractivity contribution >= 4 is 17.8 Å². The zero-order valence-corrected chi connectivity index (χ0v) is 15.4. The minimum atomic E-state index is 0. The number of nitrogens with zero attached hydrogens (tertiary/aromatic N) is 2. The van der Waals surface area contributed by atoms with Crippen LogP contribution in [0.15, 0.2) is 54.4 Å². The van der Waals surface area contributed by atoms with Crippen molar-refractivity contribution in [3.05, 3.63) is 71.2 Å². The van der Waals surface area contributed by atoms with Gasteiger partial charge in [0, 0.05) is 36.6 Å². The van der Waals surface area contributed by atoms with Gasteiger partial charge in [0.15, 0.2) is 6.20 Å². The van der Waals surface area contributed by atoms with E-state index in [1.54, 1.807) is 0 Å². The highest BCUT2D eigenvalue weighted by Crippen LogP contribution is 2.30. The van der Waals surface area contributed by atoms with Crippen molar-refractivity contribution in [2.75, 3.05) is 11.9 Å². The Labute approximate surface area is 149 Å². The average molecular weight is 404 g/mol. The molecule has 0 saturated carbocycles. The fraction of sp³-hybridized carbons (Fsp3) is 0.211. The Kier molecular flexibility index (Phi) is 5.40. The number of anilines is 1. The number of allylic oxidation sites excluding steroid dienone is 1. The van der Waals surface area contributed by atoms with Crippen LogP contribution >= 0.6 is 0 Å². The lowest BCUT2D eigenvalue weighted by Crippen LogP contribution is -3.00. The monoisotopic (exact) mass is 404 g/mol. The molecule has 1 aliphatic rings. The molecule has 0 fully saturated rings. The predicted octanol–water partition coefficient (Wildman–Crippen LogP) is 0.811. The second kappa shape index (κ2) is 7.09. The minimum absolute atomic E-state index is 0. The predicted molar refractivity (Wildman–Crippen MR) is 88.9 cm³/mol. The largest absolute Gasteiger partial charge is 1.00 e. The van der Waals surface area contributed by atoms with Crippen molar-refractivity contribution in [3.63, 3.8) is 0 Å². The Morgan fingerprint density at radius 3 is 2.73 bits per heavy atom. The van der Waals surface area contributed by atoms with Crippen LogP contribution in [0.2, 0.25) is 0 Å². The number of aryl methyl sites for hydroxylation is 2. The van der Waals surface area contributed by atoms with Gasteiger partial charge in [-0.3, -0.25) is 0 Å². The fourth-order valence-corrected chi connectivity index (χ4v) is 2.74. The van der Waals surface area contributed by atoms with Gasteiger partial charge in [0.05, 0.1) is 0 Å². The maximum absolute atomic E-state index is 2.25. The Balaban J connectivity index is 0.00000176. The van der Waals surface area contributed by atoms with Crippen LogP contribution in [0.3, 0.4) is 0 Å². The molecule has 0 spiro atoms. The Morgan fingerprint density at radius 1 is 1.14 bits per heavy atom. The lowest BCUT2D eigenvalue weighted by Gasteiger charge is -2.26. The van der Waals surface area contributed by atoms with Crippen molar-refractivity contribution < 1.29 is 28.5 Å². The number of benzene rings is 1. The lowest BCUT2D eigenvalue weighted by molar-refractivity contribution is -0.695. The molecule has 0 amide bonds. The summed E-state index contributed by atoms with van der Waals surface area (Å²) in [5, 5.41) is 0. The van der Waals surface area contributed by atoms with Crippen LogP contribution in [0.1, 0.15) is 23.7 Å². The summed E-state index contributed by atoms with van der Waals surface area (Å²) in [6.45, 7) is 5.28. The summed E-state index contributed by atoms with van der Waals surface area (Å²) in [4.78, 5) is 2.25. The first-order chi connectivity index (χ1) is 10.2. The highest BCUT2D eigenvalue weighted by atomic mass is 127. The van der Waals surface area contributed by atoms with Gasteiger partial charge in [-0.2, -0.15) is 4.57 Å². The molecule has 2 nitrogen and oxygen atoms in total. The van der Waals surface area contributed by atoms with Crippen LogP contribution in [-0.2, 0) is 6.54 Å². The van der Waals surface area contributed by atoms with E-state index in [2.05, 4.69) is 91.2 Å². The van der Waals surface area contributed by atoms with Gasteiger partial charge in [-0.15, -0.1) is 0 Å². The molecule has 2 aromatic rings. The number of halogens is 1. The van der Waals surface area contributed by atoms with Crippen molar-refractivity contribution in [2.45, 2.75) is 20.4 Å². The standard InChI is InChI=1S/C19H21N2.HI/c1-4-21-12-6-5-7-18(21)14-17-10-9-16-13-15(2)8-11-19(16)20(17)3;/h5-14H,4H2,1-3H3;1H/q+1;/p-1. The molecule has 0 saturated heterocycles. The molecular weight excluding hydrogens is 383 g/mol. The summed E-state index contributed by atoms with van der Waals surface area (Å²) in [6, 6.07) is 12.9. The molecule has 0 bridgehead atoms. The Bertz CT molecular complexity index is 732. The molecule has 1 aliphatic heterocycles. The number of rotatable bonds is 2. The highest BCUT2D eigenvalue weighted by molar-refractivity contribution is 5.79. The van der Waals surface area contributed by atoms with E-state index in [9.17, 15) is 0 Å². The van der Waals surface area contributed by atoms with E-state index >= 15 is 0 Å². The summed E-state index contributed by atoms with van der Waals surface area (Å²) >= 11 is 0. The lowest BCUT2D eigenvalue weighted by atomic mass is 10.0. The molecule has 0 unspecified atom stereocenters. The van der Waals surface area contributed by atoms with Gasteiger partial charge < -0.3 is 28.9 Å². The van der Waals surface area contributed by atoms with Gasteiger partial charge >= 0.3 is 0 Å². The molecule has 3 heteroatoms. The molecule has 114 valence electrons. The first-order valence-electron chi connectivity index (χ1n) is 7.41. The third kappa shape index (κ3) is 3.24. The third-order valence-electron chi connectivity index (χ3n) is 3.98. The Morgan fingerprint density at radius 2 is 1.95 bits per heavy atom. The summed E-state index contributed by atoms with van der Waals surface area (Å²) < 4.78 is 2.25. The minimum Gasteiger partial charge on any atom is -1.00 e. The zero-order valence-electron chi connectivity index (χ0n) is 13.3. The molecule has 22 heavy (non-hydrogen) atoms. The molecule has 0 aliphatic carbocycles. The second-order valence-corrected chi connectivity index (χ2v) is 5.44. The number of hydrogen-bond acceptors (Lipinski definition) is 1.